The summed E-state index contributed by atoms with van der Waals surface area (Å²) in [6, 6.07) is -0.465. The summed E-state index contributed by atoms with van der Waals surface area (Å²) in [5.41, 5.74) is 7.14. The zero-order chi connectivity index (χ0) is 15.3. The van der Waals surface area contributed by atoms with E-state index in [-0.39, 0.29) is 18.1 Å². The molecule has 1 rings (SSSR count). The van der Waals surface area contributed by atoms with Gasteiger partial charge in [0.25, 0.3) is 0 Å². The van der Waals surface area contributed by atoms with Crippen LogP contribution in [0.4, 0.5) is 0 Å². The molecule has 0 aliphatic carbocycles. The predicted molar refractivity (Wildman–Crippen MR) is 79.1 cm³/mol. The SMILES string of the molecule is COC(=O)C(CC(C)C)n1cncc1C(N)CC(C)C. The second kappa shape index (κ2) is 7.43. The molecule has 2 N–H and O–H groups in total. The third-order valence-electron chi connectivity index (χ3n) is 3.30. The Bertz CT molecular complexity index is 427. The lowest BCUT2D eigenvalue weighted by Crippen LogP contribution is -2.26. The van der Waals surface area contributed by atoms with E-state index in [4.69, 9.17) is 10.5 Å². The monoisotopic (exact) mass is 281 g/mol. The lowest BCUT2D eigenvalue weighted by molar-refractivity contribution is -0.145. The number of carbonyl (C=O) groups is 1. The maximum atomic E-state index is 12.0. The van der Waals surface area contributed by atoms with Crippen molar-refractivity contribution >= 4 is 5.97 Å². The molecule has 0 spiro atoms. The van der Waals surface area contributed by atoms with E-state index >= 15 is 0 Å². The number of aromatic nitrogens is 2. The average molecular weight is 281 g/mol. The third kappa shape index (κ3) is 4.34. The molecule has 1 aromatic heterocycles. The van der Waals surface area contributed by atoms with Crippen LogP contribution in [0.5, 0.6) is 0 Å². The van der Waals surface area contributed by atoms with Crippen LogP contribution < -0.4 is 5.73 Å². The van der Waals surface area contributed by atoms with Crippen LogP contribution in [0.2, 0.25) is 0 Å². The summed E-state index contributed by atoms with van der Waals surface area (Å²) in [6.07, 6.45) is 5.01. The number of esters is 1. The van der Waals surface area contributed by atoms with Crippen molar-refractivity contribution in [2.45, 2.75) is 52.6 Å². The number of hydrogen-bond acceptors (Lipinski definition) is 4. The minimum Gasteiger partial charge on any atom is -0.467 e. The Balaban J connectivity index is 3.02. The van der Waals surface area contributed by atoms with E-state index in [1.807, 2.05) is 4.57 Å². The molecule has 0 aromatic carbocycles. The lowest BCUT2D eigenvalue weighted by atomic mass is 10.00. The summed E-state index contributed by atoms with van der Waals surface area (Å²) in [7, 11) is 1.42. The first-order valence-corrected chi connectivity index (χ1v) is 7.21. The second-order valence-electron chi connectivity index (χ2n) is 6.13. The molecule has 2 atom stereocenters. The number of methoxy groups -OCH3 is 1. The van der Waals surface area contributed by atoms with Crippen LogP contribution >= 0.6 is 0 Å². The van der Waals surface area contributed by atoms with Gasteiger partial charge in [-0.3, -0.25) is 0 Å². The molecule has 0 amide bonds. The second-order valence-corrected chi connectivity index (χ2v) is 6.13. The highest BCUT2D eigenvalue weighted by Gasteiger charge is 2.26. The fourth-order valence-electron chi connectivity index (χ4n) is 2.40. The van der Waals surface area contributed by atoms with E-state index in [0.29, 0.717) is 18.3 Å². The smallest absolute Gasteiger partial charge is 0.328 e. The molecule has 1 heterocycles. The van der Waals surface area contributed by atoms with Crippen LogP contribution in [0, 0.1) is 11.8 Å². The third-order valence-corrected chi connectivity index (χ3v) is 3.30. The molecule has 0 saturated heterocycles. The van der Waals surface area contributed by atoms with Gasteiger partial charge in [-0.05, 0) is 24.7 Å². The molecule has 0 radical (unpaired) electrons. The van der Waals surface area contributed by atoms with Crippen molar-refractivity contribution in [3.63, 3.8) is 0 Å². The van der Waals surface area contributed by atoms with Gasteiger partial charge in [-0.25, -0.2) is 9.78 Å². The van der Waals surface area contributed by atoms with Crippen LogP contribution in [-0.2, 0) is 9.53 Å². The zero-order valence-corrected chi connectivity index (χ0v) is 13.2. The molecular weight excluding hydrogens is 254 g/mol. The highest BCUT2D eigenvalue weighted by molar-refractivity contribution is 5.74. The fraction of sp³-hybridized carbons (Fsp3) is 0.733. The van der Waals surface area contributed by atoms with Gasteiger partial charge in [0.05, 0.1) is 19.1 Å². The van der Waals surface area contributed by atoms with E-state index in [1.165, 1.54) is 7.11 Å². The van der Waals surface area contributed by atoms with Crippen LogP contribution in [0.3, 0.4) is 0 Å². The Hall–Kier alpha value is -1.36. The zero-order valence-electron chi connectivity index (χ0n) is 13.2. The maximum absolute atomic E-state index is 12.0. The number of nitrogens with two attached hydrogens (primary N) is 1. The molecule has 0 fully saturated rings. The summed E-state index contributed by atoms with van der Waals surface area (Å²) in [6.45, 7) is 8.43. The Morgan fingerprint density at radius 3 is 2.40 bits per heavy atom. The van der Waals surface area contributed by atoms with Crippen LogP contribution in [-0.4, -0.2) is 22.6 Å². The highest BCUT2D eigenvalue weighted by atomic mass is 16.5. The Morgan fingerprint density at radius 2 is 1.90 bits per heavy atom. The molecule has 5 heteroatoms. The first-order chi connectivity index (χ1) is 9.36. The molecule has 0 bridgehead atoms. The molecule has 0 aliphatic rings. The minimum atomic E-state index is -0.351. The standard InChI is InChI=1S/C15H27N3O2/c1-10(2)6-12(16)14-8-17-9-18(14)13(7-11(3)4)15(19)20-5/h8-13H,6-7,16H2,1-5H3. The van der Waals surface area contributed by atoms with Gasteiger partial charge in [-0.15, -0.1) is 0 Å². The van der Waals surface area contributed by atoms with Crippen LogP contribution in [0.1, 0.15) is 58.3 Å². The average Bonchev–Trinajstić information content (AvgIpc) is 2.82. The molecule has 1 aromatic rings. The van der Waals surface area contributed by atoms with E-state index < -0.39 is 0 Å². The van der Waals surface area contributed by atoms with Gasteiger partial charge in [-0.2, -0.15) is 0 Å². The maximum Gasteiger partial charge on any atom is 0.328 e. The van der Waals surface area contributed by atoms with Gasteiger partial charge in [-0.1, -0.05) is 27.7 Å². The topological polar surface area (TPSA) is 70.1 Å². The summed E-state index contributed by atoms with van der Waals surface area (Å²) in [5.74, 6) is 0.639. The van der Waals surface area contributed by atoms with Crippen molar-refractivity contribution in [2.75, 3.05) is 7.11 Å². The first kappa shape index (κ1) is 16.7. The van der Waals surface area contributed by atoms with Gasteiger partial charge in [0.1, 0.15) is 6.04 Å². The molecule has 0 aliphatic heterocycles. The van der Waals surface area contributed by atoms with Crippen molar-refractivity contribution < 1.29 is 9.53 Å². The number of hydrogen-bond donors (Lipinski definition) is 1. The summed E-state index contributed by atoms with van der Waals surface area (Å²) in [4.78, 5) is 16.2. The van der Waals surface area contributed by atoms with Gasteiger partial charge in [0, 0.05) is 12.2 Å². The molecule has 114 valence electrons. The van der Waals surface area contributed by atoms with Gasteiger partial charge < -0.3 is 15.0 Å². The lowest BCUT2D eigenvalue weighted by Gasteiger charge is -2.23. The number of nitrogens with zero attached hydrogens (tertiary/aromatic N) is 2. The summed E-state index contributed by atoms with van der Waals surface area (Å²) < 4.78 is 6.80. The van der Waals surface area contributed by atoms with E-state index in [0.717, 1.165) is 12.1 Å². The summed E-state index contributed by atoms with van der Waals surface area (Å²) >= 11 is 0. The van der Waals surface area contributed by atoms with Crippen molar-refractivity contribution in [3.05, 3.63) is 18.2 Å². The van der Waals surface area contributed by atoms with E-state index in [2.05, 4.69) is 32.7 Å². The Morgan fingerprint density at radius 1 is 1.30 bits per heavy atom. The van der Waals surface area contributed by atoms with Crippen molar-refractivity contribution in [2.24, 2.45) is 17.6 Å². The number of carbonyl (C=O) groups excluding carboxylic acids is 1. The number of rotatable bonds is 7. The van der Waals surface area contributed by atoms with Gasteiger partial charge in [0.2, 0.25) is 0 Å². The summed E-state index contributed by atoms with van der Waals surface area (Å²) in [5, 5.41) is 0. The van der Waals surface area contributed by atoms with E-state index in [1.54, 1.807) is 12.5 Å². The van der Waals surface area contributed by atoms with Gasteiger partial charge in [0.15, 0.2) is 0 Å². The van der Waals surface area contributed by atoms with Crippen LogP contribution in [0.15, 0.2) is 12.5 Å². The highest BCUT2D eigenvalue weighted by Crippen LogP contribution is 2.25. The normalized spacial score (nSPS) is 14.6. The minimum absolute atomic E-state index is 0.114. The fourth-order valence-corrected chi connectivity index (χ4v) is 2.40. The van der Waals surface area contributed by atoms with Crippen molar-refractivity contribution in [1.29, 1.82) is 0 Å². The first-order valence-electron chi connectivity index (χ1n) is 7.21. The molecular formula is C15H27N3O2. The number of imidazole rings is 1. The quantitative estimate of drug-likeness (QED) is 0.780. The molecule has 2 unspecified atom stereocenters. The van der Waals surface area contributed by atoms with Crippen molar-refractivity contribution in [3.8, 4) is 0 Å². The van der Waals surface area contributed by atoms with Crippen molar-refractivity contribution in [1.82, 2.24) is 9.55 Å². The Kier molecular flexibility index (Phi) is 6.20. The molecule has 20 heavy (non-hydrogen) atoms. The number of ether oxygens (including phenoxy) is 1. The van der Waals surface area contributed by atoms with Gasteiger partial charge >= 0.3 is 5.97 Å². The van der Waals surface area contributed by atoms with E-state index in [9.17, 15) is 4.79 Å². The van der Waals surface area contributed by atoms with Crippen LogP contribution in [0.25, 0.3) is 0 Å². The predicted octanol–water partition coefficient (Wildman–Crippen LogP) is 2.69. The molecule has 0 saturated carbocycles. The molecule has 5 nitrogen and oxygen atoms in total. The Labute approximate surface area is 121 Å². The largest absolute Gasteiger partial charge is 0.467 e.